The molecule has 1 rings (SSSR count). The van der Waals surface area contributed by atoms with Gasteiger partial charge in [0.05, 0.1) is 0 Å². The van der Waals surface area contributed by atoms with Gasteiger partial charge in [0.15, 0.2) is 11.2 Å². The molecule has 0 saturated heterocycles. The smallest absolute Gasteiger partial charge is 0.279 e. The van der Waals surface area contributed by atoms with Gasteiger partial charge in [0.2, 0.25) is 0 Å². The first kappa shape index (κ1) is 16.2. The van der Waals surface area contributed by atoms with Gasteiger partial charge in [0, 0.05) is 6.54 Å². The van der Waals surface area contributed by atoms with Crippen molar-refractivity contribution in [3.05, 3.63) is 29.3 Å². The maximum Gasteiger partial charge on any atom is 0.279 e. The van der Waals surface area contributed by atoms with Crippen LogP contribution in [0.4, 0.5) is 0 Å². The van der Waals surface area contributed by atoms with E-state index in [0.29, 0.717) is 17.4 Å². The molecular weight excluding hydrogens is 274 g/mol. The van der Waals surface area contributed by atoms with Gasteiger partial charge in [-0.2, -0.15) is 0 Å². The van der Waals surface area contributed by atoms with E-state index < -0.39 is 6.10 Å². The van der Waals surface area contributed by atoms with E-state index in [1.807, 2.05) is 39.0 Å². The summed E-state index contributed by atoms with van der Waals surface area (Å²) in [6.45, 7) is 8.27. The molecular formula is C14H21N3O2S. The van der Waals surface area contributed by atoms with Gasteiger partial charge in [0.25, 0.3) is 5.91 Å². The minimum absolute atomic E-state index is 0.288. The molecule has 1 atom stereocenters. The van der Waals surface area contributed by atoms with Gasteiger partial charge in [-0.1, -0.05) is 6.07 Å². The van der Waals surface area contributed by atoms with Crippen LogP contribution >= 0.6 is 12.2 Å². The lowest BCUT2D eigenvalue weighted by molar-refractivity contribution is -0.127. The second-order valence-electron chi connectivity index (χ2n) is 4.56. The van der Waals surface area contributed by atoms with E-state index in [4.69, 9.17) is 17.0 Å². The number of aryl methyl sites for hydroxylation is 2. The van der Waals surface area contributed by atoms with Crippen molar-refractivity contribution in [2.75, 3.05) is 6.54 Å². The Kier molecular flexibility index (Phi) is 6.24. The van der Waals surface area contributed by atoms with E-state index in [1.165, 1.54) is 0 Å². The standard InChI is InChI=1S/C14H21N3O2S/c1-5-15-14(20)17-16-13(18)11(4)19-12-7-9(2)6-10(3)8-12/h6-8,11H,5H2,1-4H3,(H,16,18)(H2,15,17,20)/t11-/m0/s1. The number of benzene rings is 1. The third-order valence-corrected chi connectivity index (χ3v) is 2.76. The molecule has 0 aliphatic rings. The molecule has 0 spiro atoms. The molecule has 0 aromatic heterocycles. The quantitative estimate of drug-likeness (QED) is 0.581. The number of hydrogen-bond acceptors (Lipinski definition) is 3. The first-order valence-electron chi connectivity index (χ1n) is 6.51. The molecule has 6 heteroatoms. The first-order valence-corrected chi connectivity index (χ1v) is 6.92. The summed E-state index contributed by atoms with van der Waals surface area (Å²) in [6.07, 6.45) is -0.617. The number of thiocarbonyl (C=S) groups is 1. The Bertz CT molecular complexity index is 471. The summed E-state index contributed by atoms with van der Waals surface area (Å²) < 4.78 is 5.61. The average Bonchev–Trinajstić information content (AvgIpc) is 2.34. The van der Waals surface area contributed by atoms with Crippen LogP contribution in [-0.2, 0) is 4.79 Å². The molecule has 0 bridgehead atoms. The zero-order valence-electron chi connectivity index (χ0n) is 12.2. The van der Waals surface area contributed by atoms with E-state index in [2.05, 4.69) is 16.2 Å². The Morgan fingerprint density at radius 2 is 1.85 bits per heavy atom. The third-order valence-electron chi connectivity index (χ3n) is 2.51. The van der Waals surface area contributed by atoms with Crippen LogP contribution in [0.3, 0.4) is 0 Å². The van der Waals surface area contributed by atoms with E-state index in [0.717, 1.165) is 11.1 Å². The van der Waals surface area contributed by atoms with Crippen molar-refractivity contribution in [3.8, 4) is 5.75 Å². The fourth-order valence-electron chi connectivity index (χ4n) is 1.68. The monoisotopic (exact) mass is 295 g/mol. The lowest BCUT2D eigenvalue weighted by atomic mass is 10.1. The van der Waals surface area contributed by atoms with E-state index in [1.54, 1.807) is 6.92 Å². The predicted molar refractivity (Wildman–Crippen MR) is 83.6 cm³/mol. The van der Waals surface area contributed by atoms with Crippen molar-refractivity contribution in [1.82, 2.24) is 16.2 Å². The van der Waals surface area contributed by atoms with Gasteiger partial charge in [0.1, 0.15) is 5.75 Å². The van der Waals surface area contributed by atoms with E-state index in [-0.39, 0.29) is 5.91 Å². The molecule has 3 N–H and O–H groups in total. The Morgan fingerprint density at radius 3 is 2.40 bits per heavy atom. The van der Waals surface area contributed by atoms with Crippen molar-refractivity contribution in [2.24, 2.45) is 0 Å². The van der Waals surface area contributed by atoms with Crippen molar-refractivity contribution >= 4 is 23.2 Å². The minimum Gasteiger partial charge on any atom is -0.481 e. The molecule has 110 valence electrons. The molecule has 5 nitrogen and oxygen atoms in total. The van der Waals surface area contributed by atoms with Crippen molar-refractivity contribution < 1.29 is 9.53 Å². The number of carbonyl (C=O) groups excluding carboxylic acids is 1. The van der Waals surface area contributed by atoms with Crippen LogP contribution in [0.2, 0.25) is 0 Å². The summed E-state index contributed by atoms with van der Waals surface area (Å²) in [5, 5.41) is 3.24. The van der Waals surface area contributed by atoms with Crippen LogP contribution in [-0.4, -0.2) is 23.7 Å². The lowest BCUT2D eigenvalue weighted by Gasteiger charge is -2.16. The summed E-state index contributed by atoms with van der Waals surface area (Å²) in [4.78, 5) is 11.8. The van der Waals surface area contributed by atoms with E-state index >= 15 is 0 Å². The molecule has 20 heavy (non-hydrogen) atoms. The highest BCUT2D eigenvalue weighted by atomic mass is 32.1. The van der Waals surface area contributed by atoms with Gasteiger partial charge >= 0.3 is 0 Å². The van der Waals surface area contributed by atoms with E-state index in [9.17, 15) is 4.79 Å². The highest BCUT2D eigenvalue weighted by molar-refractivity contribution is 7.80. The molecule has 0 aliphatic carbocycles. The highest BCUT2D eigenvalue weighted by Crippen LogP contribution is 2.17. The highest BCUT2D eigenvalue weighted by Gasteiger charge is 2.14. The van der Waals surface area contributed by atoms with Crippen LogP contribution < -0.4 is 20.9 Å². The van der Waals surface area contributed by atoms with Crippen LogP contribution in [0.5, 0.6) is 5.75 Å². The molecule has 0 unspecified atom stereocenters. The number of amides is 1. The van der Waals surface area contributed by atoms with Gasteiger partial charge in [-0.25, -0.2) is 0 Å². The number of hydrazine groups is 1. The fraction of sp³-hybridized carbons (Fsp3) is 0.429. The molecule has 0 aliphatic heterocycles. The summed E-state index contributed by atoms with van der Waals surface area (Å²) in [5.41, 5.74) is 7.31. The lowest BCUT2D eigenvalue weighted by Crippen LogP contribution is -2.50. The topological polar surface area (TPSA) is 62.4 Å². The summed E-state index contributed by atoms with van der Waals surface area (Å²) in [6, 6.07) is 5.84. The average molecular weight is 295 g/mol. The van der Waals surface area contributed by atoms with Crippen LogP contribution in [0.25, 0.3) is 0 Å². The number of nitrogens with one attached hydrogen (secondary N) is 3. The zero-order chi connectivity index (χ0) is 15.1. The molecule has 0 fully saturated rings. The Labute approximate surface area is 125 Å². The third kappa shape index (κ3) is 5.44. The van der Waals surface area contributed by atoms with Crippen molar-refractivity contribution in [1.29, 1.82) is 0 Å². The Balaban J connectivity index is 2.51. The molecule has 0 heterocycles. The summed E-state index contributed by atoms with van der Waals surface area (Å²) >= 11 is 4.94. The summed E-state index contributed by atoms with van der Waals surface area (Å²) in [5.74, 6) is 0.392. The molecule has 1 aromatic carbocycles. The Hall–Kier alpha value is -1.82. The normalized spacial score (nSPS) is 11.4. The van der Waals surface area contributed by atoms with Gasteiger partial charge in [-0.3, -0.25) is 15.6 Å². The van der Waals surface area contributed by atoms with Crippen LogP contribution in [0, 0.1) is 13.8 Å². The van der Waals surface area contributed by atoms with Gasteiger partial charge in [-0.15, -0.1) is 0 Å². The van der Waals surface area contributed by atoms with Gasteiger partial charge in [-0.05, 0) is 63.2 Å². The zero-order valence-corrected chi connectivity index (χ0v) is 13.1. The first-order chi connectivity index (χ1) is 9.42. The summed E-state index contributed by atoms with van der Waals surface area (Å²) in [7, 11) is 0. The SMILES string of the molecule is CCNC(=S)NNC(=O)[C@H](C)Oc1cc(C)cc(C)c1. The van der Waals surface area contributed by atoms with Crippen molar-refractivity contribution in [2.45, 2.75) is 33.8 Å². The largest absolute Gasteiger partial charge is 0.481 e. The predicted octanol–water partition coefficient (Wildman–Crippen LogP) is 1.59. The molecule has 0 radical (unpaired) electrons. The Morgan fingerprint density at radius 1 is 1.25 bits per heavy atom. The molecule has 1 amide bonds. The minimum atomic E-state index is -0.617. The molecule has 0 saturated carbocycles. The van der Waals surface area contributed by atoms with Gasteiger partial charge < -0.3 is 10.1 Å². The second kappa shape index (κ2) is 7.69. The second-order valence-corrected chi connectivity index (χ2v) is 4.97. The maximum absolute atomic E-state index is 11.8. The number of carbonyl (C=O) groups is 1. The maximum atomic E-state index is 11.8. The van der Waals surface area contributed by atoms with Crippen LogP contribution in [0.15, 0.2) is 18.2 Å². The number of rotatable bonds is 4. The van der Waals surface area contributed by atoms with Crippen LogP contribution in [0.1, 0.15) is 25.0 Å². The fourth-order valence-corrected chi connectivity index (χ4v) is 1.88. The van der Waals surface area contributed by atoms with Crippen molar-refractivity contribution in [3.63, 3.8) is 0 Å². The number of hydrogen-bond donors (Lipinski definition) is 3. The number of ether oxygens (including phenoxy) is 1. The molecule has 1 aromatic rings.